The molecular formula is C17H17FO3. The summed E-state index contributed by atoms with van der Waals surface area (Å²) >= 11 is 0. The fourth-order valence-corrected chi connectivity index (χ4v) is 2.07. The standard InChI is InChI=1S/C17H17FO3/c1-11-4-5-14(18)6-12(11)9-17(19)13-7-15(20-2)10-16(8-13)21-3/h4-8,10H,9H2,1-3H3. The smallest absolute Gasteiger partial charge is 0.167 e. The number of carbonyl (C=O) groups excluding carboxylic acids is 1. The second kappa shape index (κ2) is 6.39. The molecule has 0 aromatic heterocycles. The maximum atomic E-state index is 13.3. The van der Waals surface area contributed by atoms with E-state index in [4.69, 9.17) is 9.47 Å². The Kier molecular flexibility index (Phi) is 4.58. The quantitative estimate of drug-likeness (QED) is 0.789. The number of ketones is 1. The first-order valence-electron chi connectivity index (χ1n) is 6.55. The van der Waals surface area contributed by atoms with Crippen molar-refractivity contribution in [3.8, 4) is 11.5 Å². The molecule has 0 saturated carbocycles. The van der Waals surface area contributed by atoms with Gasteiger partial charge >= 0.3 is 0 Å². The van der Waals surface area contributed by atoms with E-state index in [-0.39, 0.29) is 18.0 Å². The molecule has 0 aliphatic carbocycles. The molecule has 0 fully saturated rings. The molecule has 0 bridgehead atoms. The maximum Gasteiger partial charge on any atom is 0.167 e. The summed E-state index contributed by atoms with van der Waals surface area (Å²) < 4.78 is 23.6. The highest BCUT2D eigenvalue weighted by Gasteiger charge is 2.12. The molecule has 0 atom stereocenters. The maximum absolute atomic E-state index is 13.3. The summed E-state index contributed by atoms with van der Waals surface area (Å²) in [5, 5.41) is 0. The normalized spacial score (nSPS) is 10.3. The molecule has 3 nitrogen and oxygen atoms in total. The van der Waals surface area contributed by atoms with Crippen molar-refractivity contribution >= 4 is 5.78 Å². The van der Waals surface area contributed by atoms with Crippen LogP contribution >= 0.6 is 0 Å². The lowest BCUT2D eigenvalue weighted by Gasteiger charge is -2.09. The minimum absolute atomic E-state index is 0.110. The van der Waals surface area contributed by atoms with Gasteiger partial charge in [-0.1, -0.05) is 6.07 Å². The first-order valence-corrected chi connectivity index (χ1v) is 6.55. The number of methoxy groups -OCH3 is 2. The second-order valence-electron chi connectivity index (χ2n) is 4.77. The zero-order chi connectivity index (χ0) is 15.4. The van der Waals surface area contributed by atoms with Crippen molar-refractivity contribution in [3.05, 3.63) is 58.9 Å². The second-order valence-corrected chi connectivity index (χ2v) is 4.77. The molecule has 110 valence electrons. The average molecular weight is 288 g/mol. The van der Waals surface area contributed by atoms with Gasteiger partial charge in [-0.15, -0.1) is 0 Å². The van der Waals surface area contributed by atoms with Gasteiger partial charge < -0.3 is 9.47 Å². The number of carbonyl (C=O) groups is 1. The van der Waals surface area contributed by atoms with Gasteiger partial charge in [0.2, 0.25) is 0 Å². The molecule has 0 aliphatic rings. The molecule has 21 heavy (non-hydrogen) atoms. The molecule has 2 rings (SSSR count). The van der Waals surface area contributed by atoms with Gasteiger partial charge in [-0.3, -0.25) is 4.79 Å². The summed E-state index contributed by atoms with van der Waals surface area (Å²) in [6, 6.07) is 9.45. The minimum atomic E-state index is -0.341. The molecule has 0 N–H and O–H groups in total. The lowest BCUT2D eigenvalue weighted by atomic mass is 9.99. The van der Waals surface area contributed by atoms with Gasteiger partial charge in [0.1, 0.15) is 17.3 Å². The molecular weight excluding hydrogens is 271 g/mol. The zero-order valence-electron chi connectivity index (χ0n) is 12.3. The molecule has 0 spiro atoms. The minimum Gasteiger partial charge on any atom is -0.497 e. The summed E-state index contributed by atoms with van der Waals surface area (Å²) in [7, 11) is 3.06. The SMILES string of the molecule is COc1cc(OC)cc(C(=O)Cc2cc(F)ccc2C)c1. The van der Waals surface area contributed by atoms with Gasteiger partial charge in [0, 0.05) is 18.1 Å². The fraction of sp³-hybridized carbons (Fsp3) is 0.235. The van der Waals surface area contributed by atoms with E-state index in [1.165, 1.54) is 26.4 Å². The third kappa shape index (κ3) is 3.60. The van der Waals surface area contributed by atoms with Crippen molar-refractivity contribution < 1.29 is 18.7 Å². The molecule has 2 aromatic rings. The van der Waals surface area contributed by atoms with Crippen LogP contribution in [-0.2, 0) is 6.42 Å². The Morgan fingerprint density at radius 3 is 2.24 bits per heavy atom. The van der Waals surface area contributed by atoms with Gasteiger partial charge in [-0.2, -0.15) is 0 Å². The van der Waals surface area contributed by atoms with Gasteiger partial charge in [-0.25, -0.2) is 4.39 Å². The fourth-order valence-electron chi connectivity index (χ4n) is 2.07. The van der Waals surface area contributed by atoms with Gasteiger partial charge in [0.15, 0.2) is 5.78 Å². The van der Waals surface area contributed by atoms with E-state index in [9.17, 15) is 9.18 Å². The summed E-state index contributed by atoms with van der Waals surface area (Å²) in [4.78, 5) is 12.4. The van der Waals surface area contributed by atoms with Crippen LogP contribution < -0.4 is 9.47 Å². The van der Waals surface area contributed by atoms with Crippen LogP contribution in [0.1, 0.15) is 21.5 Å². The predicted octanol–water partition coefficient (Wildman–Crippen LogP) is 3.58. The largest absolute Gasteiger partial charge is 0.497 e. The Balaban J connectivity index is 2.29. The van der Waals surface area contributed by atoms with Gasteiger partial charge in [0.05, 0.1) is 14.2 Å². The van der Waals surface area contributed by atoms with Crippen LogP contribution in [0.2, 0.25) is 0 Å². The number of aryl methyl sites for hydroxylation is 1. The summed E-state index contributed by atoms with van der Waals surface area (Å²) in [6.07, 6.45) is 0.139. The Morgan fingerprint density at radius 1 is 1.05 bits per heavy atom. The number of rotatable bonds is 5. The predicted molar refractivity (Wildman–Crippen MR) is 78.7 cm³/mol. The highest BCUT2D eigenvalue weighted by Crippen LogP contribution is 2.24. The van der Waals surface area contributed by atoms with E-state index in [1.807, 2.05) is 6.92 Å². The lowest BCUT2D eigenvalue weighted by Crippen LogP contribution is -2.06. The zero-order valence-corrected chi connectivity index (χ0v) is 12.3. The Hall–Kier alpha value is -2.36. The molecule has 0 aliphatic heterocycles. The number of ether oxygens (including phenoxy) is 2. The van der Waals surface area contributed by atoms with Crippen molar-refractivity contribution in [2.45, 2.75) is 13.3 Å². The molecule has 0 heterocycles. The van der Waals surface area contributed by atoms with Crippen molar-refractivity contribution in [3.63, 3.8) is 0 Å². The third-order valence-corrected chi connectivity index (χ3v) is 3.34. The van der Waals surface area contributed by atoms with E-state index in [2.05, 4.69) is 0 Å². The molecule has 4 heteroatoms. The van der Waals surface area contributed by atoms with E-state index in [0.29, 0.717) is 22.6 Å². The molecule has 0 unspecified atom stereocenters. The van der Waals surface area contributed by atoms with Crippen molar-refractivity contribution in [1.82, 2.24) is 0 Å². The number of benzene rings is 2. The van der Waals surface area contributed by atoms with Gasteiger partial charge in [-0.05, 0) is 42.3 Å². The van der Waals surface area contributed by atoms with Crippen LogP contribution in [-0.4, -0.2) is 20.0 Å². The van der Waals surface area contributed by atoms with Crippen LogP contribution in [0.4, 0.5) is 4.39 Å². The van der Waals surface area contributed by atoms with E-state index < -0.39 is 0 Å². The number of hydrogen-bond acceptors (Lipinski definition) is 3. The highest BCUT2D eigenvalue weighted by molar-refractivity contribution is 5.98. The van der Waals surface area contributed by atoms with E-state index >= 15 is 0 Å². The first-order chi connectivity index (χ1) is 10.0. The van der Waals surface area contributed by atoms with Crippen molar-refractivity contribution in [1.29, 1.82) is 0 Å². The Bertz CT molecular complexity index is 643. The summed E-state index contributed by atoms with van der Waals surface area (Å²) in [6.45, 7) is 1.86. The highest BCUT2D eigenvalue weighted by atomic mass is 19.1. The number of hydrogen-bond donors (Lipinski definition) is 0. The third-order valence-electron chi connectivity index (χ3n) is 3.34. The molecule has 0 saturated heterocycles. The number of Topliss-reactive ketones (excluding diaryl/α,β-unsaturated/α-hetero) is 1. The van der Waals surface area contributed by atoms with Crippen LogP contribution in [0, 0.1) is 12.7 Å². The van der Waals surface area contributed by atoms with Crippen LogP contribution in [0.5, 0.6) is 11.5 Å². The van der Waals surface area contributed by atoms with E-state index in [0.717, 1.165) is 5.56 Å². The topological polar surface area (TPSA) is 35.5 Å². The number of halogens is 1. The first kappa shape index (κ1) is 15.0. The average Bonchev–Trinajstić information content (AvgIpc) is 2.50. The monoisotopic (exact) mass is 288 g/mol. The van der Waals surface area contributed by atoms with Gasteiger partial charge in [0.25, 0.3) is 0 Å². The lowest BCUT2D eigenvalue weighted by molar-refractivity contribution is 0.0992. The summed E-state index contributed by atoms with van der Waals surface area (Å²) in [5.41, 5.74) is 2.05. The van der Waals surface area contributed by atoms with Crippen LogP contribution in [0.3, 0.4) is 0 Å². The molecule has 0 radical (unpaired) electrons. The van der Waals surface area contributed by atoms with Crippen LogP contribution in [0.15, 0.2) is 36.4 Å². The van der Waals surface area contributed by atoms with E-state index in [1.54, 1.807) is 24.3 Å². The van der Waals surface area contributed by atoms with Crippen molar-refractivity contribution in [2.75, 3.05) is 14.2 Å². The summed E-state index contributed by atoms with van der Waals surface area (Å²) in [5.74, 6) is 0.648. The van der Waals surface area contributed by atoms with Crippen LogP contribution in [0.25, 0.3) is 0 Å². The molecule has 2 aromatic carbocycles. The Labute approximate surface area is 123 Å². The molecule has 0 amide bonds. The Morgan fingerprint density at radius 2 is 1.67 bits per heavy atom. The van der Waals surface area contributed by atoms with Crippen molar-refractivity contribution in [2.24, 2.45) is 0 Å².